The first kappa shape index (κ1) is 13.3. The Kier molecular flexibility index (Phi) is 4.99. The van der Waals surface area contributed by atoms with Crippen LogP contribution in [0.3, 0.4) is 0 Å². The van der Waals surface area contributed by atoms with Gasteiger partial charge in [0.15, 0.2) is 0 Å². The van der Waals surface area contributed by atoms with Crippen LogP contribution in [0.15, 0.2) is 18.2 Å². The summed E-state index contributed by atoms with van der Waals surface area (Å²) in [5.41, 5.74) is 7.74. The topological polar surface area (TPSA) is 53.7 Å². The van der Waals surface area contributed by atoms with Gasteiger partial charge in [-0.2, -0.15) is 0 Å². The Morgan fingerprint density at radius 1 is 1.44 bits per heavy atom. The zero-order valence-corrected chi connectivity index (χ0v) is 10.9. The van der Waals surface area contributed by atoms with Crippen molar-refractivity contribution in [1.29, 1.82) is 0 Å². The summed E-state index contributed by atoms with van der Waals surface area (Å²) in [6.07, 6.45) is 2.53. The molecule has 0 amide bonds. The number of benzene rings is 1. The van der Waals surface area contributed by atoms with Gasteiger partial charge in [0.1, 0.15) is 5.75 Å². The van der Waals surface area contributed by atoms with Crippen LogP contribution in [0.1, 0.15) is 24.0 Å². The highest BCUT2D eigenvalue weighted by atomic mass is 16.5. The van der Waals surface area contributed by atoms with E-state index in [0.29, 0.717) is 19.8 Å². The summed E-state index contributed by atoms with van der Waals surface area (Å²) in [6, 6.07) is 6.00. The molecule has 18 heavy (non-hydrogen) atoms. The fourth-order valence-electron chi connectivity index (χ4n) is 2.13. The molecule has 0 aromatic heterocycles. The van der Waals surface area contributed by atoms with E-state index < -0.39 is 0 Å². The predicted molar refractivity (Wildman–Crippen MR) is 69.5 cm³/mol. The lowest BCUT2D eigenvalue weighted by Crippen LogP contribution is -2.13. The van der Waals surface area contributed by atoms with E-state index in [9.17, 15) is 0 Å². The highest BCUT2D eigenvalue weighted by molar-refractivity contribution is 5.37. The number of rotatable bonds is 6. The first-order valence-corrected chi connectivity index (χ1v) is 6.38. The Morgan fingerprint density at radius 2 is 2.33 bits per heavy atom. The molecule has 0 aliphatic carbocycles. The monoisotopic (exact) mass is 251 g/mol. The van der Waals surface area contributed by atoms with Crippen LogP contribution < -0.4 is 10.5 Å². The maximum absolute atomic E-state index is 5.66. The maximum Gasteiger partial charge on any atom is 0.123 e. The second kappa shape index (κ2) is 6.73. The van der Waals surface area contributed by atoms with Gasteiger partial charge < -0.3 is 19.9 Å². The van der Waals surface area contributed by atoms with Gasteiger partial charge in [0.25, 0.3) is 0 Å². The summed E-state index contributed by atoms with van der Waals surface area (Å²) in [7, 11) is 1.66. The molecule has 2 N–H and O–H groups in total. The summed E-state index contributed by atoms with van der Waals surface area (Å²) >= 11 is 0. The molecule has 1 unspecified atom stereocenters. The zero-order valence-electron chi connectivity index (χ0n) is 10.9. The Morgan fingerprint density at radius 3 is 3.00 bits per heavy atom. The van der Waals surface area contributed by atoms with Crippen LogP contribution >= 0.6 is 0 Å². The molecule has 2 rings (SSSR count). The second-order valence-electron chi connectivity index (χ2n) is 4.50. The lowest BCUT2D eigenvalue weighted by molar-refractivity contribution is 0.0105. The van der Waals surface area contributed by atoms with E-state index in [0.717, 1.165) is 36.3 Å². The van der Waals surface area contributed by atoms with Gasteiger partial charge >= 0.3 is 0 Å². The van der Waals surface area contributed by atoms with E-state index in [1.807, 2.05) is 18.2 Å². The molecule has 0 saturated carbocycles. The molecule has 1 aromatic carbocycles. The highest BCUT2D eigenvalue weighted by Crippen LogP contribution is 2.20. The number of nitrogens with two attached hydrogens (primary N) is 1. The van der Waals surface area contributed by atoms with E-state index in [1.165, 1.54) is 0 Å². The third-order valence-electron chi connectivity index (χ3n) is 3.17. The summed E-state index contributed by atoms with van der Waals surface area (Å²) in [5, 5.41) is 0. The second-order valence-corrected chi connectivity index (χ2v) is 4.50. The van der Waals surface area contributed by atoms with Gasteiger partial charge in [-0.1, -0.05) is 12.1 Å². The number of methoxy groups -OCH3 is 1. The molecular weight excluding hydrogens is 230 g/mol. The molecule has 1 aromatic rings. The van der Waals surface area contributed by atoms with Crippen molar-refractivity contribution < 1.29 is 14.2 Å². The smallest absolute Gasteiger partial charge is 0.123 e. The first-order chi connectivity index (χ1) is 8.83. The van der Waals surface area contributed by atoms with Crippen LogP contribution in [0.2, 0.25) is 0 Å². The molecule has 0 spiro atoms. The van der Waals surface area contributed by atoms with Crippen LogP contribution in [0.4, 0.5) is 0 Å². The molecule has 0 bridgehead atoms. The minimum atomic E-state index is 0.273. The van der Waals surface area contributed by atoms with Gasteiger partial charge in [-0.15, -0.1) is 0 Å². The Hall–Kier alpha value is -1.10. The third kappa shape index (κ3) is 3.45. The number of hydrogen-bond acceptors (Lipinski definition) is 4. The average molecular weight is 251 g/mol. The van der Waals surface area contributed by atoms with Crippen LogP contribution in [0, 0.1) is 0 Å². The van der Waals surface area contributed by atoms with Gasteiger partial charge in [-0.05, 0) is 24.5 Å². The van der Waals surface area contributed by atoms with E-state index in [2.05, 4.69) is 0 Å². The summed E-state index contributed by atoms with van der Waals surface area (Å²) in [6.45, 7) is 2.61. The van der Waals surface area contributed by atoms with Crippen molar-refractivity contribution in [3.05, 3.63) is 29.3 Å². The van der Waals surface area contributed by atoms with E-state index in [4.69, 9.17) is 19.9 Å². The third-order valence-corrected chi connectivity index (χ3v) is 3.17. The van der Waals surface area contributed by atoms with Crippen molar-refractivity contribution in [2.45, 2.75) is 32.1 Å². The standard InChI is InChI=1S/C14H21NO3/c1-16-14-7-11(4-5-12(14)8-15)9-17-10-13-3-2-6-18-13/h4-5,7,13H,2-3,6,8-10,15H2,1H3. The molecule has 1 heterocycles. The van der Waals surface area contributed by atoms with Crippen LogP contribution in [0.25, 0.3) is 0 Å². The summed E-state index contributed by atoms with van der Waals surface area (Å²) in [4.78, 5) is 0. The van der Waals surface area contributed by atoms with Crippen molar-refractivity contribution in [2.75, 3.05) is 20.3 Å². The van der Waals surface area contributed by atoms with Crippen LogP contribution in [-0.2, 0) is 22.6 Å². The molecule has 4 heteroatoms. The molecule has 0 radical (unpaired) electrons. The Balaban J connectivity index is 1.84. The molecule has 1 atom stereocenters. The Bertz CT molecular complexity index is 375. The average Bonchev–Trinajstić information content (AvgIpc) is 2.91. The molecule has 100 valence electrons. The van der Waals surface area contributed by atoms with Crippen LogP contribution in [-0.4, -0.2) is 26.4 Å². The molecular formula is C14H21NO3. The number of hydrogen-bond donors (Lipinski definition) is 1. The molecule has 1 aliphatic heterocycles. The largest absolute Gasteiger partial charge is 0.496 e. The van der Waals surface area contributed by atoms with Crippen molar-refractivity contribution in [2.24, 2.45) is 5.73 Å². The molecule has 4 nitrogen and oxygen atoms in total. The summed E-state index contributed by atoms with van der Waals surface area (Å²) in [5.74, 6) is 0.829. The Labute approximate surface area is 108 Å². The van der Waals surface area contributed by atoms with Crippen molar-refractivity contribution in [3.8, 4) is 5.75 Å². The SMILES string of the molecule is COc1cc(COCC2CCCO2)ccc1CN. The minimum absolute atomic E-state index is 0.273. The van der Waals surface area contributed by atoms with Crippen molar-refractivity contribution >= 4 is 0 Å². The minimum Gasteiger partial charge on any atom is -0.496 e. The number of ether oxygens (including phenoxy) is 3. The van der Waals surface area contributed by atoms with E-state index >= 15 is 0 Å². The van der Waals surface area contributed by atoms with Gasteiger partial charge in [0.2, 0.25) is 0 Å². The normalized spacial score (nSPS) is 19.1. The van der Waals surface area contributed by atoms with Crippen molar-refractivity contribution in [1.82, 2.24) is 0 Å². The fraction of sp³-hybridized carbons (Fsp3) is 0.571. The quantitative estimate of drug-likeness (QED) is 0.838. The van der Waals surface area contributed by atoms with Crippen molar-refractivity contribution in [3.63, 3.8) is 0 Å². The first-order valence-electron chi connectivity index (χ1n) is 6.38. The van der Waals surface area contributed by atoms with Gasteiger partial charge in [-0.3, -0.25) is 0 Å². The van der Waals surface area contributed by atoms with Crippen LogP contribution in [0.5, 0.6) is 5.75 Å². The van der Waals surface area contributed by atoms with Gasteiger partial charge in [-0.25, -0.2) is 0 Å². The molecule has 1 fully saturated rings. The van der Waals surface area contributed by atoms with Gasteiger partial charge in [0, 0.05) is 18.7 Å². The molecule has 1 saturated heterocycles. The zero-order chi connectivity index (χ0) is 12.8. The molecule has 1 aliphatic rings. The van der Waals surface area contributed by atoms with E-state index in [-0.39, 0.29) is 6.10 Å². The maximum atomic E-state index is 5.66. The lowest BCUT2D eigenvalue weighted by atomic mass is 10.1. The lowest BCUT2D eigenvalue weighted by Gasteiger charge is -2.12. The highest BCUT2D eigenvalue weighted by Gasteiger charge is 2.15. The van der Waals surface area contributed by atoms with Gasteiger partial charge in [0.05, 0.1) is 26.4 Å². The fourth-order valence-corrected chi connectivity index (χ4v) is 2.13. The predicted octanol–water partition coefficient (Wildman–Crippen LogP) is 1.85. The van der Waals surface area contributed by atoms with E-state index in [1.54, 1.807) is 7.11 Å². The summed E-state index contributed by atoms with van der Waals surface area (Å²) < 4.78 is 16.5.